The number of rotatable bonds is 3. The lowest BCUT2D eigenvalue weighted by atomic mass is 9.83. The van der Waals surface area contributed by atoms with Gasteiger partial charge in [0.1, 0.15) is 0 Å². The molecule has 0 N–H and O–H groups in total. The Morgan fingerprint density at radius 3 is 2.13 bits per heavy atom. The lowest BCUT2D eigenvalue weighted by molar-refractivity contribution is -0.118. The Balaban J connectivity index is 1.67. The molecule has 0 fully saturated rings. The summed E-state index contributed by atoms with van der Waals surface area (Å²) in [5, 5.41) is 0.737. The first-order chi connectivity index (χ1) is 15.2. The predicted octanol–water partition coefficient (Wildman–Crippen LogP) is 6.61. The maximum absolute atomic E-state index is 13.5. The normalized spacial score (nSPS) is 15.0. The van der Waals surface area contributed by atoms with E-state index >= 15 is 0 Å². The van der Waals surface area contributed by atoms with Crippen molar-refractivity contribution < 1.29 is 4.79 Å². The predicted molar refractivity (Wildman–Crippen MR) is 127 cm³/mol. The largest absolute Gasteiger partial charge is 0.307 e. The molecule has 0 spiro atoms. The van der Waals surface area contributed by atoms with Gasteiger partial charge in [0.2, 0.25) is 5.91 Å². The van der Waals surface area contributed by atoms with Crippen LogP contribution >= 0.6 is 11.6 Å². The third-order valence-corrected chi connectivity index (χ3v) is 6.29. The van der Waals surface area contributed by atoms with Gasteiger partial charge in [0.15, 0.2) is 0 Å². The number of carbonyl (C=O) groups is 1. The van der Waals surface area contributed by atoms with Crippen LogP contribution in [0.1, 0.15) is 33.7 Å². The number of carbonyl (C=O) groups excluding carboxylic acids is 1. The highest BCUT2D eigenvalue weighted by atomic mass is 35.5. The average molecular weight is 424 g/mol. The molecule has 0 saturated carbocycles. The fourth-order valence-corrected chi connectivity index (χ4v) is 4.74. The third kappa shape index (κ3) is 3.75. The Morgan fingerprint density at radius 1 is 0.742 bits per heavy atom. The highest BCUT2D eigenvalue weighted by molar-refractivity contribution is 6.31. The van der Waals surface area contributed by atoms with E-state index in [4.69, 9.17) is 11.6 Å². The molecule has 0 aliphatic carbocycles. The van der Waals surface area contributed by atoms with Gasteiger partial charge < -0.3 is 4.90 Å². The summed E-state index contributed by atoms with van der Waals surface area (Å²) in [6.07, 6.45) is 0.369. The Labute approximate surface area is 187 Å². The number of hydrogen-bond donors (Lipinski definition) is 0. The van der Waals surface area contributed by atoms with Crippen molar-refractivity contribution in [3.8, 4) is 0 Å². The molecule has 3 heteroatoms. The van der Waals surface area contributed by atoms with E-state index in [0.29, 0.717) is 13.0 Å². The summed E-state index contributed by atoms with van der Waals surface area (Å²) >= 11 is 6.67. The second-order valence-electron chi connectivity index (χ2n) is 7.85. The summed E-state index contributed by atoms with van der Waals surface area (Å²) in [7, 11) is 0. The number of nitrogens with zero attached hydrogens (tertiary/aromatic N) is 1. The fourth-order valence-electron chi connectivity index (χ4n) is 4.49. The van der Waals surface area contributed by atoms with E-state index in [9.17, 15) is 4.79 Å². The van der Waals surface area contributed by atoms with Crippen molar-refractivity contribution in [2.24, 2.45) is 0 Å². The number of amides is 1. The van der Waals surface area contributed by atoms with E-state index in [1.165, 1.54) is 5.56 Å². The smallest absolute Gasteiger partial charge is 0.231 e. The molecule has 1 unspecified atom stereocenters. The van der Waals surface area contributed by atoms with Gasteiger partial charge in [-0.05, 0) is 39.9 Å². The molecule has 4 aromatic carbocycles. The Morgan fingerprint density at radius 2 is 1.35 bits per heavy atom. The van der Waals surface area contributed by atoms with Crippen molar-refractivity contribution in [1.29, 1.82) is 0 Å². The van der Waals surface area contributed by atoms with Crippen LogP contribution in [0.25, 0.3) is 0 Å². The highest BCUT2D eigenvalue weighted by Crippen LogP contribution is 2.44. The minimum Gasteiger partial charge on any atom is -0.307 e. The molecule has 0 radical (unpaired) electrons. The van der Waals surface area contributed by atoms with E-state index in [-0.39, 0.29) is 11.8 Å². The van der Waals surface area contributed by atoms with Gasteiger partial charge >= 0.3 is 0 Å². The van der Waals surface area contributed by atoms with Crippen LogP contribution < -0.4 is 4.90 Å². The summed E-state index contributed by atoms with van der Waals surface area (Å²) in [6.45, 7) is 0.541. The fraction of sp³-hybridized carbons (Fsp3) is 0.107. The Kier molecular flexibility index (Phi) is 5.31. The van der Waals surface area contributed by atoms with Crippen LogP contribution in [-0.2, 0) is 17.8 Å². The molecule has 152 valence electrons. The summed E-state index contributed by atoms with van der Waals surface area (Å²) in [5.41, 5.74) is 6.46. The SMILES string of the molecule is O=C(Cc1ccccc1)N1Cc2ccccc2C(c2ccccc2Cl)c2ccccc21. The van der Waals surface area contributed by atoms with Crippen LogP contribution in [0.3, 0.4) is 0 Å². The lowest BCUT2D eigenvalue weighted by Gasteiger charge is -2.25. The van der Waals surface area contributed by atoms with Crippen molar-refractivity contribution in [2.75, 3.05) is 4.90 Å². The van der Waals surface area contributed by atoms with Gasteiger partial charge in [-0.3, -0.25) is 4.79 Å². The van der Waals surface area contributed by atoms with Gasteiger partial charge in [-0.25, -0.2) is 0 Å². The van der Waals surface area contributed by atoms with Crippen molar-refractivity contribution in [3.05, 3.63) is 136 Å². The summed E-state index contributed by atoms with van der Waals surface area (Å²) in [4.78, 5) is 15.4. The van der Waals surface area contributed by atoms with E-state index in [2.05, 4.69) is 30.3 Å². The molecule has 4 aromatic rings. The number of benzene rings is 4. The zero-order valence-corrected chi connectivity index (χ0v) is 17.8. The molecular formula is C28H22ClNO. The first kappa shape index (κ1) is 19.6. The highest BCUT2D eigenvalue weighted by Gasteiger charge is 2.31. The third-order valence-electron chi connectivity index (χ3n) is 5.95. The molecule has 31 heavy (non-hydrogen) atoms. The molecule has 0 aromatic heterocycles. The van der Waals surface area contributed by atoms with E-state index in [1.807, 2.05) is 77.7 Å². The molecular weight excluding hydrogens is 402 g/mol. The van der Waals surface area contributed by atoms with Crippen molar-refractivity contribution in [2.45, 2.75) is 18.9 Å². The van der Waals surface area contributed by atoms with E-state index < -0.39 is 0 Å². The average Bonchev–Trinajstić information content (AvgIpc) is 2.95. The first-order valence-corrected chi connectivity index (χ1v) is 10.9. The van der Waals surface area contributed by atoms with Gasteiger partial charge in [0, 0.05) is 16.6 Å². The molecule has 0 bridgehead atoms. The summed E-state index contributed by atoms with van der Waals surface area (Å²) in [6, 6.07) is 34.5. The molecule has 5 rings (SSSR count). The second kappa shape index (κ2) is 8.41. The van der Waals surface area contributed by atoms with Gasteiger partial charge in [-0.1, -0.05) is 103 Å². The van der Waals surface area contributed by atoms with E-state index in [0.717, 1.165) is 33.0 Å². The molecule has 1 heterocycles. The van der Waals surface area contributed by atoms with Gasteiger partial charge in [0.25, 0.3) is 0 Å². The van der Waals surface area contributed by atoms with Crippen molar-refractivity contribution >= 4 is 23.2 Å². The van der Waals surface area contributed by atoms with Crippen LogP contribution in [0, 0.1) is 0 Å². The molecule has 1 aliphatic rings. The van der Waals surface area contributed by atoms with Crippen LogP contribution in [0.5, 0.6) is 0 Å². The topological polar surface area (TPSA) is 20.3 Å². The van der Waals surface area contributed by atoms with Crippen LogP contribution in [0.2, 0.25) is 5.02 Å². The van der Waals surface area contributed by atoms with Gasteiger partial charge in [0.05, 0.1) is 13.0 Å². The Bertz CT molecular complexity index is 1230. The standard InChI is InChI=1S/C28H22ClNO/c29-25-16-8-6-14-23(25)28-22-13-5-4-12-21(22)19-30(26-17-9-7-15-24(26)28)27(31)18-20-10-2-1-3-11-20/h1-17,28H,18-19H2. The molecule has 0 saturated heterocycles. The minimum atomic E-state index is -0.0318. The minimum absolute atomic E-state index is 0.0318. The number of para-hydroxylation sites is 1. The number of anilines is 1. The second-order valence-corrected chi connectivity index (χ2v) is 8.26. The van der Waals surface area contributed by atoms with Crippen LogP contribution in [0.15, 0.2) is 103 Å². The monoisotopic (exact) mass is 423 g/mol. The maximum atomic E-state index is 13.5. The quantitative estimate of drug-likeness (QED) is 0.363. The number of halogens is 1. The first-order valence-electron chi connectivity index (χ1n) is 10.5. The Hall–Kier alpha value is -3.36. The molecule has 1 aliphatic heterocycles. The maximum Gasteiger partial charge on any atom is 0.231 e. The zero-order chi connectivity index (χ0) is 21.2. The summed E-state index contributed by atoms with van der Waals surface area (Å²) in [5.74, 6) is 0.0592. The number of hydrogen-bond acceptors (Lipinski definition) is 1. The van der Waals surface area contributed by atoms with Crippen molar-refractivity contribution in [1.82, 2.24) is 0 Å². The summed E-state index contributed by atoms with van der Waals surface area (Å²) < 4.78 is 0. The van der Waals surface area contributed by atoms with Gasteiger partial charge in [-0.15, -0.1) is 0 Å². The molecule has 1 atom stereocenters. The van der Waals surface area contributed by atoms with Crippen LogP contribution in [0.4, 0.5) is 5.69 Å². The van der Waals surface area contributed by atoms with Crippen LogP contribution in [-0.4, -0.2) is 5.91 Å². The van der Waals surface area contributed by atoms with Crippen molar-refractivity contribution in [3.63, 3.8) is 0 Å². The van der Waals surface area contributed by atoms with Gasteiger partial charge in [-0.2, -0.15) is 0 Å². The molecule has 1 amide bonds. The number of fused-ring (bicyclic) bond motifs is 2. The molecule has 2 nitrogen and oxygen atoms in total. The zero-order valence-electron chi connectivity index (χ0n) is 17.0. The lowest BCUT2D eigenvalue weighted by Crippen LogP contribution is -2.31. The van der Waals surface area contributed by atoms with E-state index in [1.54, 1.807) is 0 Å².